The molecule has 0 aliphatic rings. The molecule has 0 bridgehead atoms. The number of aryl methyl sites for hydroxylation is 2. The minimum Gasteiger partial charge on any atom is -0.466 e. The number of esters is 2. The number of rotatable bonds is 12. The van der Waals surface area contributed by atoms with Gasteiger partial charge in [0.05, 0.1) is 35.8 Å². The Morgan fingerprint density at radius 1 is 0.690 bits per heavy atom. The van der Waals surface area contributed by atoms with Gasteiger partial charge in [0.1, 0.15) is 0 Å². The highest BCUT2D eigenvalue weighted by molar-refractivity contribution is 7.14. The maximum atomic E-state index is 11.9. The average Bonchev–Trinajstić information content (AvgIpc) is 3.32. The van der Waals surface area contributed by atoms with Crippen LogP contribution in [0.25, 0.3) is 0 Å². The van der Waals surface area contributed by atoms with Crippen LogP contribution in [0.2, 0.25) is 0 Å². The van der Waals surface area contributed by atoms with Gasteiger partial charge in [0.25, 0.3) is 0 Å². The Hall–Kier alpha value is -2.32. The highest BCUT2D eigenvalue weighted by Crippen LogP contribution is 2.18. The van der Waals surface area contributed by atoms with Crippen molar-refractivity contribution in [3.05, 3.63) is 43.8 Å². The average molecular weight is 437 g/mol. The molecule has 0 N–H and O–H groups in total. The number of hydrogen-bond donors (Lipinski definition) is 0. The first-order chi connectivity index (χ1) is 13.8. The maximum absolute atomic E-state index is 11.9. The third-order valence-electron chi connectivity index (χ3n) is 3.96. The Labute approximate surface area is 177 Å². The summed E-state index contributed by atoms with van der Waals surface area (Å²) in [6.45, 7) is 4.08. The standard InChI is InChI=1S/C21H24O6S2/c1-14-4-8-18(28-14)16(22)6-10-20(24)26-12-3-13-27-21(25)11-7-17(23)19-9-5-15(2)29-19/h4-5,8-9H,3,6-7,10-13H2,1-2H3. The monoisotopic (exact) mass is 436 g/mol. The lowest BCUT2D eigenvalue weighted by atomic mass is 10.2. The van der Waals surface area contributed by atoms with Gasteiger partial charge >= 0.3 is 11.9 Å². The van der Waals surface area contributed by atoms with Crippen LogP contribution in [-0.4, -0.2) is 36.7 Å². The molecule has 0 aliphatic carbocycles. The van der Waals surface area contributed by atoms with Crippen LogP contribution in [0.15, 0.2) is 24.3 Å². The predicted molar refractivity (Wildman–Crippen MR) is 112 cm³/mol. The largest absolute Gasteiger partial charge is 0.466 e. The van der Waals surface area contributed by atoms with Gasteiger partial charge in [-0.15, -0.1) is 22.7 Å². The fraction of sp³-hybridized carbons (Fsp3) is 0.429. The summed E-state index contributed by atoms with van der Waals surface area (Å²) in [5.74, 6) is -1.04. The molecule has 2 aromatic heterocycles. The number of Topliss-reactive ketones (excluding diaryl/α,β-unsaturated/α-hetero) is 2. The van der Waals surface area contributed by atoms with Crippen LogP contribution in [0.5, 0.6) is 0 Å². The minimum atomic E-state index is -0.449. The minimum absolute atomic E-state index is 0.0277. The van der Waals surface area contributed by atoms with E-state index >= 15 is 0 Å². The predicted octanol–water partition coefficient (Wildman–Crippen LogP) is 4.53. The van der Waals surface area contributed by atoms with E-state index < -0.39 is 11.9 Å². The molecule has 0 unspecified atom stereocenters. The van der Waals surface area contributed by atoms with Crippen molar-refractivity contribution in [2.45, 2.75) is 46.0 Å². The lowest BCUT2D eigenvalue weighted by Gasteiger charge is -2.06. The molecule has 0 radical (unpaired) electrons. The van der Waals surface area contributed by atoms with Gasteiger partial charge in [-0.25, -0.2) is 0 Å². The fourth-order valence-corrected chi connectivity index (χ4v) is 4.09. The van der Waals surface area contributed by atoms with Crippen LogP contribution >= 0.6 is 22.7 Å². The van der Waals surface area contributed by atoms with Gasteiger partial charge in [0.2, 0.25) is 0 Å². The van der Waals surface area contributed by atoms with E-state index in [1.807, 2.05) is 26.0 Å². The smallest absolute Gasteiger partial charge is 0.306 e. The van der Waals surface area contributed by atoms with Crippen molar-refractivity contribution < 1.29 is 28.7 Å². The summed E-state index contributed by atoms with van der Waals surface area (Å²) in [6, 6.07) is 7.27. The highest BCUT2D eigenvalue weighted by Gasteiger charge is 2.13. The second kappa shape index (κ2) is 11.6. The molecule has 2 aromatic rings. The third kappa shape index (κ3) is 8.29. The Morgan fingerprint density at radius 3 is 1.45 bits per heavy atom. The molecule has 2 rings (SSSR count). The zero-order chi connectivity index (χ0) is 21.2. The first-order valence-corrected chi connectivity index (χ1v) is 11.0. The molecule has 0 spiro atoms. The van der Waals surface area contributed by atoms with Crippen LogP contribution < -0.4 is 0 Å². The molecular formula is C21H24O6S2. The van der Waals surface area contributed by atoms with E-state index in [4.69, 9.17) is 9.47 Å². The summed E-state index contributed by atoms with van der Waals surface area (Å²) >= 11 is 2.82. The highest BCUT2D eigenvalue weighted by atomic mass is 32.1. The van der Waals surface area contributed by atoms with E-state index in [0.29, 0.717) is 16.2 Å². The topological polar surface area (TPSA) is 86.7 Å². The van der Waals surface area contributed by atoms with Crippen molar-refractivity contribution in [3.8, 4) is 0 Å². The van der Waals surface area contributed by atoms with Gasteiger partial charge in [-0.05, 0) is 38.1 Å². The number of ketones is 2. The molecule has 0 saturated heterocycles. The van der Waals surface area contributed by atoms with Crippen LogP contribution in [0.4, 0.5) is 0 Å². The van der Waals surface area contributed by atoms with E-state index in [1.165, 1.54) is 22.7 Å². The number of carbonyl (C=O) groups excluding carboxylic acids is 4. The molecule has 0 saturated carbocycles. The Kier molecular flexibility index (Phi) is 9.21. The molecular weight excluding hydrogens is 412 g/mol. The quantitative estimate of drug-likeness (QED) is 0.276. The fourth-order valence-electron chi connectivity index (χ4n) is 2.42. The molecule has 0 aromatic carbocycles. The molecule has 6 nitrogen and oxygen atoms in total. The summed E-state index contributed by atoms with van der Waals surface area (Å²) in [5.41, 5.74) is 0. The Morgan fingerprint density at radius 2 is 1.10 bits per heavy atom. The zero-order valence-electron chi connectivity index (χ0n) is 16.5. The lowest BCUT2D eigenvalue weighted by molar-refractivity contribution is -0.146. The van der Waals surface area contributed by atoms with Crippen molar-refractivity contribution in [3.63, 3.8) is 0 Å². The lowest BCUT2D eigenvalue weighted by Crippen LogP contribution is -2.12. The van der Waals surface area contributed by atoms with Crippen molar-refractivity contribution in [1.29, 1.82) is 0 Å². The summed E-state index contributed by atoms with van der Waals surface area (Å²) in [4.78, 5) is 50.6. The summed E-state index contributed by atoms with van der Waals surface area (Å²) in [5, 5.41) is 0. The second-order valence-electron chi connectivity index (χ2n) is 6.46. The van der Waals surface area contributed by atoms with Crippen molar-refractivity contribution in [2.24, 2.45) is 0 Å². The molecule has 2 heterocycles. The number of ether oxygens (including phenoxy) is 2. The van der Waals surface area contributed by atoms with Crippen molar-refractivity contribution >= 4 is 46.2 Å². The van der Waals surface area contributed by atoms with E-state index in [9.17, 15) is 19.2 Å². The van der Waals surface area contributed by atoms with Gasteiger partial charge < -0.3 is 9.47 Å². The summed E-state index contributed by atoms with van der Waals surface area (Å²) < 4.78 is 10.1. The molecule has 156 valence electrons. The van der Waals surface area contributed by atoms with E-state index in [-0.39, 0.29) is 50.5 Å². The maximum Gasteiger partial charge on any atom is 0.306 e. The molecule has 0 fully saturated rings. The van der Waals surface area contributed by atoms with E-state index in [0.717, 1.165) is 9.75 Å². The van der Waals surface area contributed by atoms with E-state index in [1.54, 1.807) is 12.1 Å². The van der Waals surface area contributed by atoms with Crippen LogP contribution in [0.3, 0.4) is 0 Å². The molecule has 0 atom stereocenters. The van der Waals surface area contributed by atoms with Gasteiger partial charge in [0, 0.05) is 29.0 Å². The second-order valence-corrected chi connectivity index (χ2v) is 9.04. The number of carbonyl (C=O) groups is 4. The van der Waals surface area contributed by atoms with Crippen LogP contribution in [0.1, 0.15) is 61.2 Å². The van der Waals surface area contributed by atoms with Gasteiger partial charge in [-0.1, -0.05) is 0 Å². The SMILES string of the molecule is Cc1ccc(C(=O)CCC(=O)OCCCOC(=O)CCC(=O)c2ccc(C)s2)s1. The third-order valence-corrected chi connectivity index (χ3v) is 6.04. The summed E-state index contributed by atoms with van der Waals surface area (Å²) in [6.07, 6.45) is 0.657. The Balaban J connectivity index is 1.51. The summed E-state index contributed by atoms with van der Waals surface area (Å²) in [7, 11) is 0. The normalized spacial score (nSPS) is 10.6. The number of hydrogen-bond acceptors (Lipinski definition) is 8. The van der Waals surface area contributed by atoms with Gasteiger partial charge in [-0.3, -0.25) is 19.2 Å². The van der Waals surface area contributed by atoms with E-state index in [2.05, 4.69) is 0 Å². The first kappa shape index (κ1) is 23.0. The molecule has 29 heavy (non-hydrogen) atoms. The van der Waals surface area contributed by atoms with Gasteiger partial charge in [-0.2, -0.15) is 0 Å². The van der Waals surface area contributed by atoms with Crippen LogP contribution in [-0.2, 0) is 19.1 Å². The molecule has 8 heteroatoms. The van der Waals surface area contributed by atoms with Crippen LogP contribution in [0, 0.1) is 13.8 Å². The molecule has 0 amide bonds. The molecule has 0 aliphatic heterocycles. The Bertz CT molecular complexity index is 794. The van der Waals surface area contributed by atoms with Crippen molar-refractivity contribution in [2.75, 3.05) is 13.2 Å². The van der Waals surface area contributed by atoms with Crippen molar-refractivity contribution in [1.82, 2.24) is 0 Å². The first-order valence-electron chi connectivity index (χ1n) is 9.35. The van der Waals surface area contributed by atoms with Gasteiger partial charge in [0.15, 0.2) is 11.6 Å². The number of thiophene rings is 2. The zero-order valence-corrected chi connectivity index (χ0v) is 18.2.